The van der Waals surface area contributed by atoms with Crippen LogP contribution in [0.3, 0.4) is 0 Å². The molecule has 9 heteroatoms. The predicted octanol–water partition coefficient (Wildman–Crippen LogP) is 3.23. The lowest BCUT2D eigenvalue weighted by Gasteiger charge is -2.18. The highest BCUT2D eigenvalue weighted by Gasteiger charge is 2.42. The Bertz CT molecular complexity index is 1380. The Labute approximate surface area is 189 Å². The second-order valence-electron chi connectivity index (χ2n) is 8.60. The van der Waals surface area contributed by atoms with Crippen LogP contribution in [0.1, 0.15) is 37.1 Å². The molecule has 4 aromatic rings. The topological polar surface area (TPSA) is 106 Å². The Kier molecular flexibility index (Phi) is 5.13. The van der Waals surface area contributed by atoms with Crippen molar-refractivity contribution in [3.8, 4) is 11.5 Å². The van der Waals surface area contributed by atoms with Crippen LogP contribution >= 0.6 is 0 Å². The van der Waals surface area contributed by atoms with Crippen molar-refractivity contribution in [2.75, 3.05) is 11.9 Å². The number of nitrogens with one attached hydrogen (secondary N) is 1. The minimum Gasteiger partial charge on any atom is -0.396 e. The summed E-state index contributed by atoms with van der Waals surface area (Å²) in [5.41, 5.74) is 2.26. The van der Waals surface area contributed by atoms with Gasteiger partial charge in [0.15, 0.2) is 11.5 Å². The van der Waals surface area contributed by atoms with E-state index in [9.17, 15) is 14.3 Å². The highest BCUT2D eigenvalue weighted by Crippen LogP contribution is 2.40. The van der Waals surface area contributed by atoms with Crippen molar-refractivity contribution in [2.45, 2.75) is 38.6 Å². The molecule has 1 amide bonds. The summed E-state index contributed by atoms with van der Waals surface area (Å²) in [5, 5.41) is 17.7. The van der Waals surface area contributed by atoms with E-state index in [0.29, 0.717) is 47.1 Å². The Morgan fingerprint density at radius 2 is 1.97 bits per heavy atom. The maximum atomic E-state index is 14.3. The van der Waals surface area contributed by atoms with E-state index in [2.05, 4.69) is 15.3 Å². The lowest BCUT2D eigenvalue weighted by molar-refractivity contribution is -0.119. The average molecular weight is 446 g/mol. The molecule has 1 aromatic carbocycles. The molecule has 2 N–H and O–H groups in total. The number of hydrogen-bond acceptors (Lipinski definition) is 6. The largest absolute Gasteiger partial charge is 0.396 e. The fourth-order valence-corrected chi connectivity index (χ4v) is 4.24. The Balaban J connectivity index is 1.67. The van der Waals surface area contributed by atoms with E-state index < -0.39 is 5.41 Å². The van der Waals surface area contributed by atoms with Crippen molar-refractivity contribution in [3.05, 3.63) is 65.2 Å². The number of fused-ring (bicyclic) bond motifs is 2. The van der Waals surface area contributed by atoms with Gasteiger partial charge in [0.05, 0.1) is 23.0 Å². The number of aromatic nitrogens is 5. The van der Waals surface area contributed by atoms with Gasteiger partial charge in [-0.15, -0.1) is 0 Å². The summed E-state index contributed by atoms with van der Waals surface area (Å²) in [4.78, 5) is 26.5. The second kappa shape index (κ2) is 8.00. The number of aliphatic hydroxyl groups excluding tert-OH is 1. The van der Waals surface area contributed by atoms with E-state index in [0.717, 1.165) is 10.9 Å². The summed E-state index contributed by atoms with van der Waals surface area (Å²) in [5.74, 6) is 0.350. The zero-order chi connectivity index (χ0) is 23.2. The highest BCUT2D eigenvalue weighted by atomic mass is 19.1. The summed E-state index contributed by atoms with van der Waals surface area (Å²) in [6, 6.07) is 10.2. The molecule has 1 aliphatic rings. The number of carbonyl (C=O) groups is 1. The zero-order valence-electron chi connectivity index (χ0n) is 18.3. The number of amides is 1. The van der Waals surface area contributed by atoms with Gasteiger partial charge in [0.1, 0.15) is 17.3 Å². The van der Waals surface area contributed by atoms with Crippen LogP contribution in [0.4, 0.5) is 10.2 Å². The van der Waals surface area contributed by atoms with Gasteiger partial charge in [-0.2, -0.15) is 5.10 Å². The fourth-order valence-electron chi connectivity index (χ4n) is 4.24. The summed E-state index contributed by atoms with van der Waals surface area (Å²) in [7, 11) is 0. The molecular formula is C24H23FN6O2. The molecule has 0 spiro atoms. The van der Waals surface area contributed by atoms with E-state index in [-0.39, 0.29) is 24.9 Å². The molecule has 0 saturated carbocycles. The average Bonchev–Trinajstić information content (AvgIpc) is 3.28. The first-order valence-corrected chi connectivity index (χ1v) is 10.8. The molecule has 168 valence electrons. The van der Waals surface area contributed by atoms with Crippen molar-refractivity contribution in [1.29, 1.82) is 0 Å². The summed E-state index contributed by atoms with van der Waals surface area (Å²) >= 11 is 0. The van der Waals surface area contributed by atoms with Gasteiger partial charge in [0.2, 0.25) is 5.91 Å². The SMILES string of the molecule is CC1(C)C(=O)Nc2nc(-c3nn(Cc4ccccc4F)c4ncccc34)nc(CCCO)c21. The van der Waals surface area contributed by atoms with Crippen LogP contribution in [0.5, 0.6) is 0 Å². The van der Waals surface area contributed by atoms with Gasteiger partial charge in [-0.3, -0.25) is 4.79 Å². The lowest BCUT2D eigenvalue weighted by atomic mass is 9.85. The molecule has 5 rings (SSSR count). The number of halogens is 1. The third kappa shape index (κ3) is 3.54. The van der Waals surface area contributed by atoms with E-state index in [4.69, 9.17) is 10.1 Å². The van der Waals surface area contributed by atoms with Gasteiger partial charge < -0.3 is 10.4 Å². The monoisotopic (exact) mass is 446 g/mol. The Hall–Kier alpha value is -3.72. The van der Waals surface area contributed by atoms with Gasteiger partial charge in [-0.1, -0.05) is 18.2 Å². The molecule has 3 aromatic heterocycles. The number of rotatable bonds is 6. The molecule has 0 saturated heterocycles. The van der Waals surface area contributed by atoms with E-state index >= 15 is 0 Å². The van der Waals surface area contributed by atoms with Crippen LogP contribution in [0.15, 0.2) is 42.6 Å². The van der Waals surface area contributed by atoms with Crippen molar-refractivity contribution in [1.82, 2.24) is 24.7 Å². The number of aryl methyl sites for hydroxylation is 1. The van der Waals surface area contributed by atoms with Crippen LogP contribution in [0.2, 0.25) is 0 Å². The molecule has 4 heterocycles. The first-order valence-electron chi connectivity index (χ1n) is 10.8. The van der Waals surface area contributed by atoms with Crippen molar-refractivity contribution in [3.63, 3.8) is 0 Å². The fraction of sp³-hybridized carbons (Fsp3) is 0.292. The molecule has 8 nitrogen and oxygen atoms in total. The standard InChI is InChI=1S/C24H23FN6O2/c1-24(2)18-17(10-6-12-32)27-21(28-20(18)29-23(24)33)19-15-8-5-11-26-22(15)31(30-19)13-14-7-3-4-9-16(14)25/h3-5,7-9,11,32H,6,10,12-13H2,1-2H3,(H,27,28,29,33). The maximum absolute atomic E-state index is 14.3. The minimum absolute atomic E-state index is 0.0139. The molecule has 0 unspecified atom stereocenters. The molecule has 1 aliphatic heterocycles. The molecule has 0 atom stereocenters. The van der Waals surface area contributed by atoms with E-state index in [1.54, 1.807) is 35.1 Å². The number of benzene rings is 1. The van der Waals surface area contributed by atoms with Crippen molar-refractivity contribution >= 4 is 22.8 Å². The van der Waals surface area contributed by atoms with Gasteiger partial charge >= 0.3 is 0 Å². The molecule has 0 fully saturated rings. The van der Waals surface area contributed by atoms with Crippen molar-refractivity contribution in [2.24, 2.45) is 0 Å². The first kappa shape index (κ1) is 21.1. The Morgan fingerprint density at radius 3 is 2.76 bits per heavy atom. The van der Waals surface area contributed by atoms with Crippen LogP contribution in [-0.2, 0) is 23.2 Å². The summed E-state index contributed by atoms with van der Waals surface area (Å²) < 4.78 is 15.9. The third-order valence-electron chi connectivity index (χ3n) is 5.98. The highest BCUT2D eigenvalue weighted by molar-refractivity contribution is 6.05. The van der Waals surface area contributed by atoms with Gasteiger partial charge in [0, 0.05) is 23.9 Å². The van der Waals surface area contributed by atoms with Gasteiger partial charge in [-0.05, 0) is 44.9 Å². The normalized spacial score (nSPS) is 14.5. The molecular weight excluding hydrogens is 423 g/mol. The van der Waals surface area contributed by atoms with E-state index in [1.165, 1.54) is 6.07 Å². The maximum Gasteiger partial charge on any atom is 0.235 e. The van der Waals surface area contributed by atoms with Crippen LogP contribution < -0.4 is 5.32 Å². The van der Waals surface area contributed by atoms with Gasteiger partial charge in [-0.25, -0.2) is 24.0 Å². The minimum atomic E-state index is -0.771. The number of carbonyl (C=O) groups excluding carboxylic acids is 1. The predicted molar refractivity (Wildman–Crippen MR) is 121 cm³/mol. The van der Waals surface area contributed by atoms with Crippen LogP contribution in [0.25, 0.3) is 22.6 Å². The Morgan fingerprint density at radius 1 is 1.15 bits per heavy atom. The third-order valence-corrected chi connectivity index (χ3v) is 5.98. The molecule has 0 aliphatic carbocycles. The number of anilines is 1. The molecule has 33 heavy (non-hydrogen) atoms. The smallest absolute Gasteiger partial charge is 0.235 e. The van der Waals surface area contributed by atoms with Crippen LogP contribution in [-0.4, -0.2) is 42.4 Å². The number of hydrogen-bond donors (Lipinski definition) is 2. The zero-order valence-corrected chi connectivity index (χ0v) is 18.3. The number of aliphatic hydroxyl groups is 1. The molecule has 0 bridgehead atoms. The van der Waals surface area contributed by atoms with E-state index in [1.807, 2.05) is 19.9 Å². The van der Waals surface area contributed by atoms with Crippen molar-refractivity contribution < 1.29 is 14.3 Å². The quantitative estimate of drug-likeness (QED) is 0.471. The molecule has 0 radical (unpaired) electrons. The van der Waals surface area contributed by atoms with Gasteiger partial charge in [0.25, 0.3) is 0 Å². The number of pyridine rings is 1. The lowest BCUT2D eigenvalue weighted by Crippen LogP contribution is -2.28. The second-order valence-corrected chi connectivity index (χ2v) is 8.60. The first-order chi connectivity index (χ1) is 15.9. The van der Waals surface area contributed by atoms with Crippen LogP contribution in [0, 0.1) is 5.82 Å². The summed E-state index contributed by atoms with van der Waals surface area (Å²) in [6.07, 6.45) is 2.67. The number of nitrogens with zero attached hydrogens (tertiary/aromatic N) is 5. The summed E-state index contributed by atoms with van der Waals surface area (Å²) in [6.45, 7) is 3.89.